The summed E-state index contributed by atoms with van der Waals surface area (Å²) >= 11 is 0. The lowest BCUT2D eigenvalue weighted by Crippen LogP contribution is -2.41. The molecule has 1 N–H and O–H groups in total. The van der Waals surface area contributed by atoms with Gasteiger partial charge in [-0.3, -0.25) is 0 Å². The number of benzene rings is 1. The number of likely N-dealkylation sites (tertiary alicyclic amines) is 1. The summed E-state index contributed by atoms with van der Waals surface area (Å²) in [5.41, 5.74) is 0.345. The zero-order chi connectivity index (χ0) is 11.8. The van der Waals surface area contributed by atoms with Gasteiger partial charge in [-0.05, 0) is 38.4 Å². The summed E-state index contributed by atoms with van der Waals surface area (Å²) in [6, 6.07) is 4.97. The molecule has 0 unspecified atom stereocenters. The predicted octanol–water partition coefficient (Wildman–Crippen LogP) is 2.05. The van der Waals surface area contributed by atoms with Crippen LogP contribution in [0.1, 0.15) is 24.0 Å². The second-order valence-electron chi connectivity index (χ2n) is 4.77. The maximum atomic E-state index is 13.8. The Labute approximate surface area is 95.7 Å². The number of nitrogens with zero attached hydrogens (tertiary/aromatic N) is 1. The third-order valence-corrected chi connectivity index (χ3v) is 3.50. The van der Waals surface area contributed by atoms with Crippen molar-refractivity contribution in [3.8, 4) is 0 Å². The molecule has 1 aliphatic rings. The third-order valence-electron chi connectivity index (χ3n) is 3.50. The molecule has 0 radical (unpaired) electrons. The molecule has 3 heteroatoms. The molecule has 1 heterocycles. The number of halogens is 1. The highest BCUT2D eigenvalue weighted by Crippen LogP contribution is 2.35. The molecule has 0 saturated carbocycles. The average Bonchev–Trinajstić information content (AvgIpc) is 2.23. The highest BCUT2D eigenvalue weighted by atomic mass is 19.1. The molecular weight excluding hydrogens is 205 g/mol. The molecule has 1 aliphatic heterocycles. The van der Waals surface area contributed by atoms with Crippen molar-refractivity contribution in [2.24, 2.45) is 0 Å². The van der Waals surface area contributed by atoms with Crippen LogP contribution in [0.4, 0.5) is 4.39 Å². The lowest BCUT2D eigenvalue weighted by atomic mass is 9.82. The number of piperidine rings is 1. The first kappa shape index (κ1) is 11.6. The molecule has 16 heavy (non-hydrogen) atoms. The Morgan fingerprint density at radius 2 is 1.94 bits per heavy atom. The first-order chi connectivity index (χ1) is 7.53. The molecular formula is C13H18FNO. The van der Waals surface area contributed by atoms with Gasteiger partial charge in [-0.1, -0.05) is 12.1 Å². The van der Waals surface area contributed by atoms with Crippen molar-refractivity contribution in [2.45, 2.75) is 25.4 Å². The van der Waals surface area contributed by atoms with E-state index in [1.165, 1.54) is 6.07 Å². The van der Waals surface area contributed by atoms with Crippen LogP contribution in [0.25, 0.3) is 0 Å². The minimum atomic E-state index is -0.984. The fraction of sp³-hybridized carbons (Fsp3) is 0.538. The van der Waals surface area contributed by atoms with Crippen molar-refractivity contribution in [1.82, 2.24) is 4.90 Å². The van der Waals surface area contributed by atoms with Gasteiger partial charge in [0.2, 0.25) is 0 Å². The van der Waals surface area contributed by atoms with Gasteiger partial charge in [0.05, 0.1) is 5.60 Å². The standard InChI is InChI=1S/C13H18FNO/c1-10-4-3-5-11(14)12(10)13(16)6-8-15(2)9-7-13/h3-5,16H,6-9H2,1-2H3. The summed E-state index contributed by atoms with van der Waals surface area (Å²) in [7, 11) is 2.02. The van der Waals surface area contributed by atoms with Gasteiger partial charge in [-0.2, -0.15) is 0 Å². The minimum absolute atomic E-state index is 0.285. The Bertz CT molecular complexity index is 363. The SMILES string of the molecule is Cc1cccc(F)c1C1(O)CCN(C)CC1. The van der Waals surface area contributed by atoms with E-state index in [9.17, 15) is 9.50 Å². The van der Waals surface area contributed by atoms with E-state index in [0.717, 1.165) is 18.7 Å². The van der Waals surface area contributed by atoms with Crippen LogP contribution in [-0.4, -0.2) is 30.1 Å². The van der Waals surface area contributed by atoms with E-state index in [4.69, 9.17) is 0 Å². The maximum Gasteiger partial charge on any atom is 0.129 e. The van der Waals surface area contributed by atoms with Crippen LogP contribution < -0.4 is 0 Å². The Hall–Kier alpha value is -0.930. The molecule has 0 spiro atoms. The maximum absolute atomic E-state index is 13.8. The summed E-state index contributed by atoms with van der Waals surface area (Å²) in [4.78, 5) is 2.16. The van der Waals surface area contributed by atoms with Gasteiger partial charge < -0.3 is 10.0 Å². The lowest BCUT2D eigenvalue weighted by Gasteiger charge is -2.37. The number of rotatable bonds is 1. The molecule has 0 amide bonds. The topological polar surface area (TPSA) is 23.5 Å². The van der Waals surface area contributed by atoms with Crippen LogP contribution in [0.3, 0.4) is 0 Å². The zero-order valence-corrected chi connectivity index (χ0v) is 9.83. The van der Waals surface area contributed by atoms with E-state index in [1.54, 1.807) is 6.07 Å². The average molecular weight is 223 g/mol. The second-order valence-corrected chi connectivity index (χ2v) is 4.77. The van der Waals surface area contributed by atoms with Crippen LogP contribution >= 0.6 is 0 Å². The molecule has 2 nitrogen and oxygen atoms in total. The molecule has 0 aliphatic carbocycles. The van der Waals surface area contributed by atoms with Crippen molar-refractivity contribution in [3.05, 3.63) is 35.1 Å². The van der Waals surface area contributed by atoms with Crippen LogP contribution in [0.5, 0.6) is 0 Å². The van der Waals surface area contributed by atoms with Crippen molar-refractivity contribution in [3.63, 3.8) is 0 Å². The van der Waals surface area contributed by atoms with Crippen molar-refractivity contribution in [1.29, 1.82) is 0 Å². The van der Waals surface area contributed by atoms with Crippen molar-refractivity contribution >= 4 is 0 Å². The Morgan fingerprint density at radius 1 is 1.31 bits per heavy atom. The fourth-order valence-electron chi connectivity index (χ4n) is 2.46. The Morgan fingerprint density at radius 3 is 2.50 bits per heavy atom. The summed E-state index contributed by atoms with van der Waals surface area (Å²) in [5.74, 6) is -0.285. The first-order valence-corrected chi connectivity index (χ1v) is 5.69. The van der Waals surface area contributed by atoms with Gasteiger partial charge in [0.25, 0.3) is 0 Å². The predicted molar refractivity (Wildman–Crippen MR) is 61.8 cm³/mol. The van der Waals surface area contributed by atoms with Gasteiger partial charge >= 0.3 is 0 Å². The summed E-state index contributed by atoms with van der Waals surface area (Å²) in [6.45, 7) is 3.48. The fourth-order valence-corrected chi connectivity index (χ4v) is 2.46. The lowest BCUT2D eigenvalue weighted by molar-refractivity contribution is -0.0235. The molecule has 0 atom stereocenters. The van der Waals surface area contributed by atoms with E-state index in [2.05, 4.69) is 4.90 Å². The normalized spacial score (nSPS) is 21.0. The molecule has 1 aromatic carbocycles. The largest absolute Gasteiger partial charge is 0.385 e. The van der Waals surface area contributed by atoms with Gasteiger partial charge in [-0.25, -0.2) is 4.39 Å². The van der Waals surface area contributed by atoms with E-state index in [-0.39, 0.29) is 5.82 Å². The number of aliphatic hydroxyl groups is 1. The van der Waals surface area contributed by atoms with Crippen LogP contribution in [0.15, 0.2) is 18.2 Å². The smallest absolute Gasteiger partial charge is 0.129 e. The quantitative estimate of drug-likeness (QED) is 0.787. The third kappa shape index (κ3) is 1.97. The second kappa shape index (κ2) is 4.15. The first-order valence-electron chi connectivity index (χ1n) is 5.69. The summed E-state index contributed by atoms with van der Waals surface area (Å²) in [5, 5.41) is 10.6. The van der Waals surface area contributed by atoms with Crippen molar-refractivity contribution < 1.29 is 9.50 Å². The van der Waals surface area contributed by atoms with Gasteiger partial charge in [-0.15, -0.1) is 0 Å². The van der Waals surface area contributed by atoms with E-state index < -0.39 is 5.60 Å². The van der Waals surface area contributed by atoms with Crippen LogP contribution in [0, 0.1) is 12.7 Å². The highest BCUT2D eigenvalue weighted by molar-refractivity contribution is 5.33. The van der Waals surface area contributed by atoms with Crippen molar-refractivity contribution in [2.75, 3.05) is 20.1 Å². The number of hydrogen-bond acceptors (Lipinski definition) is 2. The van der Waals surface area contributed by atoms with Crippen LogP contribution in [0.2, 0.25) is 0 Å². The van der Waals surface area contributed by atoms with E-state index >= 15 is 0 Å². The number of hydrogen-bond donors (Lipinski definition) is 1. The molecule has 2 rings (SSSR count). The summed E-state index contributed by atoms with van der Waals surface area (Å²) in [6.07, 6.45) is 1.20. The van der Waals surface area contributed by atoms with E-state index in [0.29, 0.717) is 18.4 Å². The van der Waals surface area contributed by atoms with Crippen LogP contribution in [-0.2, 0) is 5.60 Å². The highest BCUT2D eigenvalue weighted by Gasteiger charge is 2.36. The molecule has 0 aromatic heterocycles. The molecule has 1 saturated heterocycles. The minimum Gasteiger partial charge on any atom is -0.385 e. The van der Waals surface area contributed by atoms with E-state index in [1.807, 2.05) is 20.0 Å². The Kier molecular flexibility index (Phi) is 3.00. The summed E-state index contributed by atoms with van der Waals surface area (Å²) < 4.78 is 13.8. The van der Waals surface area contributed by atoms with Gasteiger partial charge in [0.1, 0.15) is 5.82 Å². The molecule has 88 valence electrons. The molecule has 1 fully saturated rings. The Balaban J connectivity index is 2.36. The zero-order valence-electron chi connectivity index (χ0n) is 9.83. The van der Waals surface area contributed by atoms with Gasteiger partial charge in [0, 0.05) is 18.7 Å². The monoisotopic (exact) mass is 223 g/mol. The molecule has 1 aromatic rings. The molecule has 0 bridgehead atoms. The number of aryl methyl sites for hydroxylation is 1. The van der Waals surface area contributed by atoms with Gasteiger partial charge in [0.15, 0.2) is 0 Å².